The summed E-state index contributed by atoms with van der Waals surface area (Å²) in [6.07, 6.45) is 1.16. The highest BCUT2D eigenvalue weighted by atomic mass is 16.2. The Balaban J connectivity index is 2.23. The molecule has 0 spiro atoms. The normalized spacial score (nSPS) is 11.8. The molecule has 2 rings (SSSR count). The van der Waals surface area contributed by atoms with E-state index in [-0.39, 0.29) is 11.8 Å². The quantitative estimate of drug-likeness (QED) is 0.750. The molecule has 0 heterocycles. The number of hydrogen-bond donors (Lipinski definition) is 1. The molecule has 2 aromatic rings. The van der Waals surface area contributed by atoms with E-state index in [9.17, 15) is 9.59 Å². The lowest BCUT2D eigenvalue weighted by molar-refractivity contribution is -0.140. The van der Waals surface area contributed by atoms with Gasteiger partial charge in [0.15, 0.2) is 0 Å². The summed E-state index contributed by atoms with van der Waals surface area (Å²) in [6, 6.07) is 13.6. The van der Waals surface area contributed by atoms with Gasteiger partial charge in [-0.1, -0.05) is 55.0 Å². The van der Waals surface area contributed by atoms with Crippen molar-refractivity contribution < 1.29 is 9.59 Å². The Morgan fingerprint density at radius 1 is 1.00 bits per heavy atom. The summed E-state index contributed by atoms with van der Waals surface area (Å²) in [5, 5.41) is 2.91. The maximum Gasteiger partial charge on any atom is 0.242 e. The molecule has 28 heavy (non-hydrogen) atoms. The highest BCUT2D eigenvalue weighted by molar-refractivity contribution is 5.88. The van der Waals surface area contributed by atoms with E-state index >= 15 is 0 Å². The molecular formula is C24H32N2O2. The number of amides is 2. The van der Waals surface area contributed by atoms with Gasteiger partial charge in [0.1, 0.15) is 6.04 Å². The average Bonchev–Trinajstić information content (AvgIpc) is 2.66. The van der Waals surface area contributed by atoms with Crippen LogP contribution in [0.15, 0.2) is 42.5 Å². The zero-order valence-corrected chi connectivity index (χ0v) is 17.7. The van der Waals surface area contributed by atoms with Gasteiger partial charge in [0, 0.05) is 13.1 Å². The SMILES string of the molecule is CCCNC(=O)C(C)N(Cc1cccc(C)c1)C(=O)Cc1ccc(C)c(C)c1. The van der Waals surface area contributed by atoms with E-state index in [1.807, 2.05) is 44.2 Å². The van der Waals surface area contributed by atoms with Crippen molar-refractivity contribution in [2.75, 3.05) is 6.54 Å². The number of benzene rings is 2. The predicted octanol–water partition coefficient (Wildman–Crippen LogP) is 4.10. The van der Waals surface area contributed by atoms with Crippen molar-refractivity contribution in [1.82, 2.24) is 10.2 Å². The van der Waals surface area contributed by atoms with Gasteiger partial charge in [-0.15, -0.1) is 0 Å². The molecular weight excluding hydrogens is 348 g/mol. The first kappa shape index (κ1) is 21.7. The van der Waals surface area contributed by atoms with E-state index in [0.29, 0.717) is 19.5 Å². The first-order chi connectivity index (χ1) is 13.3. The van der Waals surface area contributed by atoms with Crippen LogP contribution >= 0.6 is 0 Å². The summed E-state index contributed by atoms with van der Waals surface area (Å²) in [6.45, 7) is 11.0. The Hall–Kier alpha value is -2.62. The summed E-state index contributed by atoms with van der Waals surface area (Å²) in [5.41, 5.74) is 5.53. The van der Waals surface area contributed by atoms with Crippen molar-refractivity contribution >= 4 is 11.8 Å². The van der Waals surface area contributed by atoms with E-state index < -0.39 is 6.04 Å². The van der Waals surface area contributed by atoms with E-state index in [0.717, 1.165) is 23.1 Å². The van der Waals surface area contributed by atoms with E-state index in [1.54, 1.807) is 11.8 Å². The molecule has 0 aliphatic heterocycles. The molecule has 2 amide bonds. The van der Waals surface area contributed by atoms with Crippen molar-refractivity contribution in [3.63, 3.8) is 0 Å². The maximum atomic E-state index is 13.2. The average molecular weight is 381 g/mol. The van der Waals surface area contributed by atoms with Crippen molar-refractivity contribution in [1.29, 1.82) is 0 Å². The number of aryl methyl sites for hydroxylation is 3. The monoisotopic (exact) mass is 380 g/mol. The summed E-state index contributed by atoms with van der Waals surface area (Å²) < 4.78 is 0. The minimum absolute atomic E-state index is 0.0380. The van der Waals surface area contributed by atoms with E-state index in [2.05, 4.69) is 31.3 Å². The standard InChI is InChI=1S/C24H32N2O2/c1-6-12-25-24(28)20(5)26(16-22-9-7-8-17(2)13-22)23(27)15-21-11-10-18(3)19(4)14-21/h7-11,13-14,20H,6,12,15-16H2,1-5H3,(H,25,28). The molecule has 0 saturated heterocycles. The topological polar surface area (TPSA) is 49.4 Å². The van der Waals surface area contributed by atoms with Crippen LogP contribution in [-0.4, -0.2) is 29.3 Å². The summed E-state index contributed by atoms with van der Waals surface area (Å²) in [4.78, 5) is 27.4. The van der Waals surface area contributed by atoms with Crippen LogP contribution in [-0.2, 0) is 22.6 Å². The number of nitrogens with one attached hydrogen (secondary N) is 1. The zero-order valence-electron chi connectivity index (χ0n) is 17.7. The first-order valence-electron chi connectivity index (χ1n) is 10.0. The molecule has 0 bridgehead atoms. The third kappa shape index (κ3) is 5.95. The summed E-state index contributed by atoms with van der Waals surface area (Å²) in [5.74, 6) is -0.146. The van der Waals surface area contributed by atoms with Crippen molar-refractivity contribution in [3.8, 4) is 0 Å². The lowest BCUT2D eigenvalue weighted by Gasteiger charge is -2.29. The van der Waals surface area contributed by atoms with Crippen LogP contribution in [0.2, 0.25) is 0 Å². The summed E-state index contributed by atoms with van der Waals surface area (Å²) in [7, 11) is 0. The van der Waals surface area contributed by atoms with Gasteiger partial charge < -0.3 is 10.2 Å². The van der Waals surface area contributed by atoms with Gasteiger partial charge in [0.05, 0.1) is 6.42 Å². The summed E-state index contributed by atoms with van der Waals surface area (Å²) >= 11 is 0. The Kier molecular flexibility index (Phi) is 7.80. The molecule has 150 valence electrons. The fourth-order valence-electron chi connectivity index (χ4n) is 3.18. The Bertz CT molecular complexity index is 829. The van der Waals surface area contributed by atoms with Crippen molar-refractivity contribution in [2.45, 2.75) is 60.0 Å². The minimum Gasteiger partial charge on any atom is -0.354 e. The van der Waals surface area contributed by atoms with Gasteiger partial charge in [-0.25, -0.2) is 0 Å². The van der Waals surface area contributed by atoms with Gasteiger partial charge in [0.25, 0.3) is 0 Å². The second kappa shape index (κ2) is 10.1. The van der Waals surface area contributed by atoms with Gasteiger partial charge >= 0.3 is 0 Å². The first-order valence-corrected chi connectivity index (χ1v) is 10.0. The molecule has 1 atom stereocenters. The van der Waals surface area contributed by atoms with Crippen LogP contribution in [0.25, 0.3) is 0 Å². The molecule has 0 aromatic heterocycles. The van der Waals surface area contributed by atoms with Gasteiger partial charge in [-0.3, -0.25) is 9.59 Å². The molecule has 4 heteroatoms. The largest absolute Gasteiger partial charge is 0.354 e. The molecule has 0 radical (unpaired) electrons. The Morgan fingerprint density at radius 3 is 2.39 bits per heavy atom. The van der Waals surface area contributed by atoms with Crippen LogP contribution < -0.4 is 5.32 Å². The highest BCUT2D eigenvalue weighted by Gasteiger charge is 2.26. The number of carbonyl (C=O) groups is 2. The van der Waals surface area contributed by atoms with Gasteiger partial charge in [-0.2, -0.15) is 0 Å². The van der Waals surface area contributed by atoms with Gasteiger partial charge in [0.2, 0.25) is 11.8 Å². The molecule has 4 nitrogen and oxygen atoms in total. The number of nitrogens with zero attached hydrogens (tertiary/aromatic N) is 1. The second-order valence-electron chi connectivity index (χ2n) is 7.57. The fourth-order valence-corrected chi connectivity index (χ4v) is 3.18. The molecule has 1 unspecified atom stereocenters. The molecule has 0 aliphatic carbocycles. The number of hydrogen-bond acceptors (Lipinski definition) is 2. The number of carbonyl (C=O) groups excluding carboxylic acids is 2. The zero-order chi connectivity index (χ0) is 20.7. The van der Waals surface area contributed by atoms with Crippen LogP contribution in [0, 0.1) is 20.8 Å². The smallest absolute Gasteiger partial charge is 0.242 e. The molecule has 0 saturated carbocycles. The van der Waals surface area contributed by atoms with Crippen LogP contribution in [0.3, 0.4) is 0 Å². The lowest BCUT2D eigenvalue weighted by atomic mass is 10.0. The maximum absolute atomic E-state index is 13.2. The molecule has 2 aromatic carbocycles. The predicted molar refractivity (Wildman–Crippen MR) is 114 cm³/mol. The van der Waals surface area contributed by atoms with Crippen molar-refractivity contribution in [3.05, 3.63) is 70.3 Å². The molecule has 1 N–H and O–H groups in total. The van der Waals surface area contributed by atoms with Crippen LogP contribution in [0.1, 0.15) is 48.1 Å². The van der Waals surface area contributed by atoms with Crippen molar-refractivity contribution in [2.24, 2.45) is 0 Å². The fraction of sp³-hybridized carbons (Fsp3) is 0.417. The van der Waals surface area contributed by atoms with E-state index in [4.69, 9.17) is 0 Å². The third-order valence-electron chi connectivity index (χ3n) is 5.08. The Morgan fingerprint density at radius 2 is 1.75 bits per heavy atom. The molecule has 0 fully saturated rings. The molecule has 0 aliphatic rings. The van der Waals surface area contributed by atoms with Crippen LogP contribution in [0.5, 0.6) is 0 Å². The van der Waals surface area contributed by atoms with Gasteiger partial charge in [-0.05, 0) is 56.4 Å². The van der Waals surface area contributed by atoms with Crippen LogP contribution in [0.4, 0.5) is 0 Å². The van der Waals surface area contributed by atoms with E-state index in [1.165, 1.54) is 11.1 Å². The lowest BCUT2D eigenvalue weighted by Crippen LogP contribution is -2.48. The highest BCUT2D eigenvalue weighted by Crippen LogP contribution is 2.15. The Labute approximate surface area is 169 Å². The minimum atomic E-state index is -0.522. The second-order valence-corrected chi connectivity index (χ2v) is 7.57. The third-order valence-corrected chi connectivity index (χ3v) is 5.08. The number of rotatable bonds is 8.